The Balaban J connectivity index is 2.37. The monoisotopic (exact) mass is 605 g/mol. The molecule has 0 saturated carbocycles. The van der Waals surface area contributed by atoms with Gasteiger partial charge in [-0.15, -0.1) is 0 Å². The summed E-state index contributed by atoms with van der Waals surface area (Å²) in [5.41, 5.74) is -7.41. The Hall–Kier alpha value is -2.58. The summed E-state index contributed by atoms with van der Waals surface area (Å²) in [6.07, 6.45) is -4.70. The normalized spacial score (nSPS) is 12.6. The van der Waals surface area contributed by atoms with E-state index in [9.17, 15) is 39.6 Å². The van der Waals surface area contributed by atoms with E-state index >= 15 is 0 Å². The second-order valence-electron chi connectivity index (χ2n) is 6.80. The number of ether oxygens (including phenoxy) is 1. The third-order valence-corrected chi connectivity index (χ3v) is 6.43. The van der Waals surface area contributed by atoms with E-state index in [-0.39, 0.29) is 38.6 Å². The van der Waals surface area contributed by atoms with Crippen LogP contribution in [0.5, 0.6) is 5.75 Å². The van der Waals surface area contributed by atoms with Gasteiger partial charge >= 0.3 is 27.8 Å². The van der Waals surface area contributed by atoms with Crippen LogP contribution < -0.4 is 4.18 Å². The first-order chi connectivity index (χ1) is 16.1. The van der Waals surface area contributed by atoms with Crippen molar-refractivity contribution in [1.82, 2.24) is 4.98 Å². The fourth-order valence-electron chi connectivity index (χ4n) is 3.08. The molecule has 6 nitrogen and oxygen atoms in total. The molecule has 188 valence electrons. The number of alkyl halides is 7. The van der Waals surface area contributed by atoms with Gasteiger partial charge in [0, 0.05) is 27.9 Å². The largest absolute Gasteiger partial charge is 0.534 e. The topological polar surface area (TPSA) is 82.6 Å². The number of carbonyl (C=O) groups excluding carboxylic acids is 1. The molecule has 0 aliphatic rings. The maximum atomic E-state index is 13.2. The molecule has 15 heteroatoms. The third kappa shape index (κ3) is 5.33. The molecule has 0 aliphatic carbocycles. The highest BCUT2D eigenvalue weighted by Crippen LogP contribution is 2.39. The van der Waals surface area contributed by atoms with Crippen molar-refractivity contribution in [3.8, 4) is 17.0 Å². The van der Waals surface area contributed by atoms with Gasteiger partial charge in [-0.25, -0.2) is 9.78 Å². The first-order valence-corrected chi connectivity index (χ1v) is 12.0. The Bertz CT molecular complexity index is 1430. The zero-order chi connectivity index (χ0) is 26.3. The van der Waals surface area contributed by atoms with Crippen LogP contribution in [-0.4, -0.2) is 32.0 Å². The summed E-state index contributed by atoms with van der Waals surface area (Å²) in [5.74, 6) is -1.91. The van der Waals surface area contributed by atoms with Crippen LogP contribution in [-0.2, 0) is 26.4 Å². The van der Waals surface area contributed by atoms with Crippen molar-refractivity contribution in [2.75, 3.05) is 7.11 Å². The summed E-state index contributed by atoms with van der Waals surface area (Å²) >= 11 is 9.09. The number of fused-ring (bicyclic) bond motifs is 1. The van der Waals surface area contributed by atoms with Gasteiger partial charge < -0.3 is 8.92 Å². The van der Waals surface area contributed by atoms with Gasteiger partial charge in [0.05, 0.1) is 34.5 Å². The van der Waals surface area contributed by atoms with Crippen LogP contribution in [0.3, 0.4) is 0 Å². The number of hydrogen-bond acceptors (Lipinski definition) is 6. The highest BCUT2D eigenvalue weighted by Gasteiger charge is 2.49. The van der Waals surface area contributed by atoms with Crippen LogP contribution in [0.25, 0.3) is 22.2 Å². The summed E-state index contributed by atoms with van der Waals surface area (Å²) in [7, 11) is -5.07. The average Bonchev–Trinajstić information content (AvgIpc) is 2.76. The second-order valence-corrected chi connectivity index (χ2v) is 9.31. The number of pyridine rings is 1. The first-order valence-electron chi connectivity index (χ1n) is 9.09. The fraction of sp³-hybridized carbons (Fsp3) is 0.200. The lowest BCUT2D eigenvalue weighted by Gasteiger charge is -2.17. The molecule has 0 unspecified atom stereocenters. The number of rotatable bonds is 5. The van der Waals surface area contributed by atoms with Gasteiger partial charge in [0.2, 0.25) is 0 Å². The van der Waals surface area contributed by atoms with Crippen LogP contribution in [0.2, 0.25) is 5.02 Å². The van der Waals surface area contributed by atoms with Crippen LogP contribution in [0.4, 0.5) is 26.3 Å². The van der Waals surface area contributed by atoms with Crippen molar-refractivity contribution in [3.63, 3.8) is 0 Å². The summed E-state index contributed by atoms with van der Waals surface area (Å²) in [5, 5.41) is -0.766. The Morgan fingerprint density at radius 3 is 2.31 bits per heavy atom. The standard InChI is InChI=1S/C20H11BrClF6NO5S/c1-33-18(30)16-11-6-13(22)15(34-35(31,32)20(26,27)28)7-14(11)29-17(12(16)8-21)9-3-2-4-10(5-9)19(23,24)25/h2-7H,8H2,1H3. The molecule has 35 heavy (non-hydrogen) atoms. The van der Waals surface area contributed by atoms with Crippen LogP contribution in [0.15, 0.2) is 36.4 Å². The van der Waals surface area contributed by atoms with Crippen molar-refractivity contribution < 1.29 is 48.5 Å². The smallest absolute Gasteiger partial charge is 0.465 e. The highest BCUT2D eigenvalue weighted by molar-refractivity contribution is 9.08. The first kappa shape index (κ1) is 27.0. The van der Waals surface area contributed by atoms with E-state index in [4.69, 9.17) is 16.3 Å². The van der Waals surface area contributed by atoms with Gasteiger partial charge in [-0.05, 0) is 18.2 Å². The number of nitrogens with zero attached hydrogens (tertiary/aromatic N) is 1. The molecule has 0 N–H and O–H groups in total. The number of halogens is 8. The number of benzene rings is 2. The number of methoxy groups -OCH3 is 1. The molecule has 1 heterocycles. The quantitative estimate of drug-likeness (QED) is 0.109. The maximum Gasteiger partial charge on any atom is 0.534 e. The van der Waals surface area contributed by atoms with Crippen molar-refractivity contribution in [2.24, 2.45) is 0 Å². The summed E-state index contributed by atoms with van der Waals surface area (Å²) in [6, 6.07) is 5.63. The third-order valence-electron chi connectivity index (χ3n) is 4.61. The van der Waals surface area contributed by atoms with Crippen molar-refractivity contribution in [2.45, 2.75) is 17.0 Å². The average molecular weight is 607 g/mol. The zero-order valence-corrected chi connectivity index (χ0v) is 20.3. The summed E-state index contributed by atoms with van der Waals surface area (Å²) < 4.78 is 110. The molecule has 1 aromatic heterocycles. The number of aromatic nitrogens is 1. The van der Waals surface area contributed by atoms with E-state index in [0.717, 1.165) is 37.4 Å². The predicted molar refractivity (Wildman–Crippen MR) is 117 cm³/mol. The lowest BCUT2D eigenvalue weighted by Crippen LogP contribution is -2.28. The van der Waals surface area contributed by atoms with E-state index in [1.54, 1.807) is 0 Å². The Labute approximate surface area is 207 Å². The van der Waals surface area contributed by atoms with Gasteiger partial charge in [-0.3, -0.25) is 0 Å². The molecule has 0 bridgehead atoms. The van der Waals surface area contributed by atoms with Gasteiger partial charge in [-0.1, -0.05) is 39.7 Å². The lowest BCUT2D eigenvalue weighted by molar-refractivity contribution is -0.137. The van der Waals surface area contributed by atoms with Gasteiger partial charge in [0.15, 0.2) is 5.75 Å². The fourth-order valence-corrected chi connectivity index (χ4v) is 4.34. The van der Waals surface area contributed by atoms with Crippen molar-refractivity contribution >= 4 is 54.5 Å². The number of esters is 1. The van der Waals surface area contributed by atoms with E-state index in [1.807, 2.05) is 0 Å². The second kappa shape index (κ2) is 9.47. The molecule has 2 aromatic carbocycles. The molecule has 0 radical (unpaired) electrons. The van der Waals surface area contributed by atoms with Crippen LogP contribution >= 0.6 is 27.5 Å². The minimum atomic E-state index is -6.11. The van der Waals surface area contributed by atoms with E-state index < -0.39 is 44.1 Å². The summed E-state index contributed by atoms with van der Waals surface area (Å²) in [6.45, 7) is 0. The minimum Gasteiger partial charge on any atom is -0.465 e. The summed E-state index contributed by atoms with van der Waals surface area (Å²) in [4.78, 5) is 16.8. The molecule has 0 atom stereocenters. The maximum absolute atomic E-state index is 13.2. The number of hydrogen-bond donors (Lipinski definition) is 0. The zero-order valence-electron chi connectivity index (χ0n) is 17.1. The van der Waals surface area contributed by atoms with Crippen LogP contribution in [0, 0.1) is 0 Å². The molecule has 0 spiro atoms. The van der Waals surface area contributed by atoms with Crippen molar-refractivity contribution in [3.05, 3.63) is 58.1 Å². The Morgan fingerprint density at radius 1 is 1.11 bits per heavy atom. The molecule has 0 fully saturated rings. The Morgan fingerprint density at radius 2 is 1.77 bits per heavy atom. The van der Waals surface area contributed by atoms with Crippen molar-refractivity contribution in [1.29, 1.82) is 0 Å². The van der Waals surface area contributed by atoms with Crippen LogP contribution in [0.1, 0.15) is 21.5 Å². The van der Waals surface area contributed by atoms with E-state index in [1.165, 1.54) is 6.07 Å². The minimum absolute atomic E-state index is 0.0659. The molecule has 0 amide bonds. The molecule has 3 aromatic rings. The number of carbonyl (C=O) groups is 1. The molecule has 3 rings (SSSR count). The van der Waals surface area contributed by atoms with E-state index in [0.29, 0.717) is 0 Å². The van der Waals surface area contributed by atoms with Gasteiger partial charge in [-0.2, -0.15) is 34.8 Å². The highest BCUT2D eigenvalue weighted by atomic mass is 79.9. The van der Waals surface area contributed by atoms with Gasteiger partial charge in [0.25, 0.3) is 0 Å². The lowest BCUT2D eigenvalue weighted by atomic mass is 9.96. The SMILES string of the molecule is COC(=O)c1c(CBr)c(-c2cccc(C(F)(F)F)c2)nc2cc(OS(=O)(=O)C(F)(F)F)c(Cl)cc12. The van der Waals surface area contributed by atoms with Gasteiger partial charge in [0.1, 0.15) is 0 Å². The predicted octanol–water partition coefficient (Wildman–Crippen LogP) is 6.48. The Kier molecular flexibility index (Phi) is 7.31. The molecule has 0 aliphatic heterocycles. The van der Waals surface area contributed by atoms with E-state index in [2.05, 4.69) is 25.1 Å². The molecule has 0 saturated heterocycles. The molecular formula is C20H11BrClF6NO5S. The molecular weight excluding hydrogens is 596 g/mol.